The molecule has 0 aromatic heterocycles. The van der Waals surface area contributed by atoms with Gasteiger partial charge in [0, 0.05) is 5.33 Å². The third kappa shape index (κ3) is 2.84. The van der Waals surface area contributed by atoms with Crippen LogP contribution in [0.5, 0.6) is 0 Å². The van der Waals surface area contributed by atoms with Crippen LogP contribution in [0, 0.1) is 0 Å². The fourth-order valence-corrected chi connectivity index (χ4v) is 1.30. The molecule has 0 aliphatic heterocycles. The first-order chi connectivity index (χ1) is 4.93. The summed E-state index contributed by atoms with van der Waals surface area (Å²) < 4.78 is 5.50. The topological polar surface area (TPSA) is 9.23 Å². The fraction of sp³-hybridized carbons (Fsp3) is 0.750. The smallest absolute Gasteiger partial charge is 0.0756 e. The van der Waals surface area contributed by atoms with Gasteiger partial charge in [-0.25, -0.2) is 0 Å². The Hall–Kier alpha value is 0.180. The van der Waals surface area contributed by atoms with Crippen LogP contribution in [-0.4, -0.2) is 18.0 Å². The molecular formula is C8H13BrO. The van der Waals surface area contributed by atoms with Crippen molar-refractivity contribution in [2.75, 3.05) is 11.9 Å². The number of hydrogen-bond acceptors (Lipinski definition) is 1. The van der Waals surface area contributed by atoms with E-state index in [0.717, 1.165) is 11.9 Å². The molecule has 0 N–H and O–H groups in total. The van der Waals surface area contributed by atoms with Crippen molar-refractivity contribution in [1.82, 2.24) is 0 Å². The van der Waals surface area contributed by atoms with Crippen molar-refractivity contribution in [3.8, 4) is 0 Å². The highest BCUT2D eigenvalue weighted by molar-refractivity contribution is 9.09. The molecule has 1 unspecified atom stereocenters. The molecule has 0 aromatic rings. The van der Waals surface area contributed by atoms with Crippen molar-refractivity contribution in [3.05, 3.63) is 12.2 Å². The Kier molecular flexibility index (Phi) is 4.07. The first kappa shape index (κ1) is 8.28. The quantitative estimate of drug-likeness (QED) is 0.508. The second-order valence-electron chi connectivity index (χ2n) is 2.46. The number of rotatable bonds is 3. The average molecular weight is 205 g/mol. The monoisotopic (exact) mass is 204 g/mol. The van der Waals surface area contributed by atoms with Crippen LogP contribution in [0.3, 0.4) is 0 Å². The zero-order chi connectivity index (χ0) is 7.23. The summed E-state index contributed by atoms with van der Waals surface area (Å²) in [5.41, 5.74) is 0. The van der Waals surface area contributed by atoms with E-state index >= 15 is 0 Å². The molecule has 0 spiro atoms. The Morgan fingerprint density at radius 3 is 3.10 bits per heavy atom. The van der Waals surface area contributed by atoms with Crippen LogP contribution in [0.4, 0.5) is 0 Å². The van der Waals surface area contributed by atoms with Gasteiger partial charge in [-0.15, -0.1) is 0 Å². The number of hydrogen-bond donors (Lipinski definition) is 0. The average Bonchev–Trinajstić information content (AvgIpc) is 2.03. The van der Waals surface area contributed by atoms with E-state index < -0.39 is 0 Å². The van der Waals surface area contributed by atoms with E-state index in [0.29, 0.717) is 6.10 Å². The highest BCUT2D eigenvalue weighted by atomic mass is 79.9. The number of allylic oxidation sites excluding steroid dienone is 1. The van der Waals surface area contributed by atoms with Crippen molar-refractivity contribution in [3.63, 3.8) is 0 Å². The van der Waals surface area contributed by atoms with Crippen molar-refractivity contribution in [1.29, 1.82) is 0 Å². The standard InChI is InChI=1S/C8H13BrO/c9-6-7-10-8-4-2-1-3-5-8/h2,4,8H,1,3,5-7H2. The molecule has 0 bridgehead atoms. The van der Waals surface area contributed by atoms with Gasteiger partial charge in [0.15, 0.2) is 0 Å². The minimum atomic E-state index is 0.395. The van der Waals surface area contributed by atoms with Crippen LogP contribution in [0.1, 0.15) is 19.3 Å². The number of halogens is 1. The van der Waals surface area contributed by atoms with Crippen LogP contribution in [0.25, 0.3) is 0 Å². The fourth-order valence-electron chi connectivity index (χ4n) is 1.12. The van der Waals surface area contributed by atoms with Crippen molar-refractivity contribution >= 4 is 15.9 Å². The lowest BCUT2D eigenvalue weighted by Crippen LogP contribution is -2.13. The Balaban J connectivity index is 2.13. The first-order valence-corrected chi connectivity index (χ1v) is 4.90. The van der Waals surface area contributed by atoms with E-state index in [1.807, 2.05) is 0 Å². The van der Waals surface area contributed by atoms with Crippen LogP contribution in [-0.2, 0) is 4.74 Å². The Labute approximate surface area is 70.6 Å². The van der Waals surface area contributed by atoms with Crippen LogP contribution in [0.2, 0.25) is 0 Å². The van der Waals surface area contributed by atoms with Gasteiger partial charge >= 0.3 is 0 Å². The minimum absolute atomic E-state index is 0.395. The molecule has 0 amide bonds. The molecule has 58 valence electrons. The molecule has 2 heteroatoms. The van der Waals surface area contributed by atoms with Gasteiger partial charge in [-0.3, -0.25) is 0 Å². The van der Waals surface area contributed by atoms with Crippen LogP contribution < -0.4 is 0 Å². The summed E-state index contributed by atoms with van der Waals surface area (Å²) in [4.78, 5) is 0. The molecule has 0 saturated heterocycles. The molecular weight excluding hydrogens is 192 g/mol. The lowest BCUT2D eigenvalue weighted by Gasteiger charge is -2.15. The molecule has 1 atom stereocenters. The van der Waals surface area contributed by atoms with Gasteiger partial charge in [-0.1, -0.05) is 28.1 Å². The second-order valence-corrected chi connectivity index (χ2v) is 3.25. The van der Waals surface area contributed by atoms with Crippen LogP contribution >= 0.6 is 15.9 Å². The molecule has 1 rings (SSSR count). The number of alkyl halides is 1. The molecule has 1 aliphatic rings. The highest BCUT2D eigenvalue weighted by Gasteiger charge is 2.06. The van der Waals surface area contributed by atoms with Gasteiger partial charge in [-0.05, 0) is 19.3 Å². The van der Waals surface area contributed by atoms with Gasteiger partial charge in [-0.2, -0.15) is 0 Å². The predicted molar refractivity (Wildman–Crippen MR) is 46.5 cm³/mol. The maximum Gasteiger partial charge on any atom is 0.0756 e. The maximum atomic E-state index is 5.50. The molecule has 0 saturated carbocycles. The Morgan fingerprint density at radius 1 is 1.60 bits per heavy atom. The van der Waals surface area contributed by atoms with Gasteiger partial charge in [0.2, 0.25) is 0 Å². The van der Waals surface area contributed by atoms with E-state index in [1.165, 1.54) is 19.3 Å². The summed E-state index contributed by atoms with van der Waals surface area (Å²) in [6.07, 6.45) is 8.49. The zero-order valence-corrected chi connectivity index (χ0v) is 7.64. The van der Waals surface area contributed by atoms with Gasteiger partial charge in [0.25, 0.3) is 0 Å². The van der Waals surface area contributed by atoms with E-state index in [1.54, 1.807) is 0 Å². The molecule has 0 fully saturated rings. The summed E-state index contributed by atoms with van der Waals surface area (Å²) >= 11 is 3.33. The summed E-state index contributed by atoms with van der Waals surface area (Å²) in [6, 6.07) is 0. The Bertz CT molecular complexity index is 112. The molecule has 0 aromatic carbocycles. The van der Waals surface area contributed by atoms with Crippen molar-refractivity contribution < 1.29 is 4.74 Å². The molecule has 1 nitrogen and oxygen atoms in total. The van der Waals surface area contributed by atoms with E-state index in [-0.39, 0.29) is 0 Å². The maximum absolute atomic E-state index is 5.50. The summed E-state index contributed by atoms with van der Waals surface area (Å²) in [5.74, 6) is 0. The van der Waals surface area contributed by atoms with Crippen LogP contribution in [0.15, 0.2) is 12.2 Å². The van der Waals surface area contributed by atoms with Gasteiger partial charge in [0.1, 0.15) is 0 Å². The Morgan fingerprint density at radius 2 is 2.50 bits per heavy atom. The summed E-state index contributed by atoms with van der Waals surface area (Å²) in [7, 11) is 0. The number of ether oxygens (including phenoxy) is 1. The molecule has 1 aliphatic carbocycles. The van der Waals surface area contributed by atoms with E-state index in [9.17, 15) is 0 Å². The lowest BCUT2D eigenvalue weighted by molar-refractivity contribution is 0.0884. The largest absolute Gasteiger partial charge is 0.373 e. The SMILES string of the molecule is BrCCOC1C=CCCC1. The third-order valence-electron chi connectivity index (χ3n) is 1.62. The normalized spacial score (nSPS) is 25.1. The van der Waals surface area contributed by atoms with Crippen molar-refractivity contribution in [2.45, 2.75) is 25.4 Å². The second kappa shape index (κ2) is 4.91. The molecule has 10 heavy (non-hydrogen) atoms. The summed E-state index contributed by atoms with van der Waals surface area (Å²) in [5, 5.41) is 0.942. The van der Waals surface area contributed by atoms with E-state index in [4.69, 9.17) is 4.74 Å². The summed E-state index contributed by atoms with van der Waals surface area (Å²) in [6.45, 7) is 0.828. The minimum Gasteiger partial charge on any atom is -0.373 e. The third-order valence-corrected chi connectivity index (χ3v) is 1.94. The van der Waals surface area contributed by atoms with Gasteiger partial charge in [0.05, 0.1) is 12.7 Å². The predicted octanol–water partition coefficient (Wildman–Crippen LogP) is 2.51. The zero-order valence-electron chi connectivity index (χ0n) is 6.05. The van der Waals surface area contributed by atoms with Crippen molar-refractivity contribution in [2.24, 2.45) is 0 Å². The first-order valence-electron chi connectivity index (χ1n) is 3.77. The molecule has 0 heterocycles. The van der Waals surface area contributed by atoms with Gasteiger partial charge < -0.3 is 4.74 Å². The molecule has 0 radical (unpaired) electrons. The lowest BCUT2D eigenvalue weighted by atomic mass is 10.1. The van der Waals surface area contributed by atoms with E-state index in [2.05, 4.69) is 28.1 Å². The highest BCUT2D eigenvalue weighted by Crippen LogP contribution is 2.13.